The maximum atomic E-state index is 11.4. The standard InChI is InChI=1S/C6H14N6O2S/c1-6(2,3)10-15(13,14)7-4-5-8-11-12-9-5/h7,10H,4H2,1-3H3,(H,8,9,11,12). The lowest BCUT2D eigenvalue weighted by atomic mass is 10.1. The largest absolute Gasteiger partial charge is 0.277 e. The SMILES string of the molecule is CC(C)(C)NS(=O)(=O)NCc1nn[nH]n1. The van der Waals surface area contributed by atoms with E-state index in [1.54, 1.807) is 20.8 Å². The molecule has 0 spiro atoms. The fourth-order valence-corrected chi connectivity index (χ4v) is 2.05. The van der Waals surface area contributed by atoms with Crippen molar-refractivity contribution in [2.45, 2.75) is 32.9 Å². The third-order valence-electron chi connectivity index (χ3n) is 1.25. The summed E-state index contributed by atoms with van der Waals surface area (Å²) in [5, 5.41) is 12.8. The Morgan fingerprint density at radius 2 is 2.07 bits per heavy atom. The minimum absolute atomic E-state index is 0.00190. The molecule has 0 aliphatic rings. The van der Waals surface area contributed by atoms with Gasteiger partial charge in [-0.3, -0.25) is 0 Å². The van der Waals surface area contributed by atoms with Crippen LogP contribution in [-0.2, 0) is 16.8 Å². The van der Waals surface area contributed by atoms with Gasteiger partial charge in [0.15, 0.2) is 5.82 Å². The number of hydrogen-bond donors (Lipinski definition) is 3. The first-order valence-corrected chi connectivity index (χ1v) is 5.78. The van der Waals surface area contributed by atoms with Crippen molar-refractivity contribution < 1.29 is 8.42 Å². The molecule has 0 aliphatic heterocycles. The maximum Gasteiger partial charge on any atom is 0.277 e. The molecule has 0 radical (unpaired) electrons. The van der Waals surface area contributed by atoms with Crippen LogP contribution in [0.25, 0.3) is 0 Å². The lowest BCUT2D eigenvalue weighted by Crippen LogP contribution is -2.46. The van der Waals surface area contributed by atoms with Gasteiger partial charge in [0, 0.05) is 5.54 Å². The Bertz CT molecular complexity index is 392. The second-order valence-corrected chi connectivity index (χ2v) is 5.50. The second-order valence-electron chi connectivity index (χ2n) is 4.00. The highest BCUT2D eigenvalue weighted by molar-refractivity contribution is 7.87. The predicted molar refractivity (Wildman–Crippen MR) is 52.8 cm³/mol. The van der Waals surface area contributed by atoms with E-state index >= 15 is 0 Å². The van der Waals surface area contributed by atoms with Gasteiger partial charge in [-0.15, -0.1) is 10.2 Å². The molecule has 1 aromatic heterocycles. The van der Waals surface area contributed by atoms with E-state index < -0.39 is 15.7 Å². The zero-order valence-corrected chi connectivity index (χ0v) is 9.59. The van der Waals surface area contributed by atoms with Gasteiger partial charge in [-0.05, 0) is 20.8 Å². The Hall–Kier alpha value is -1.06. The lowest BCUT2D eigenvalue weighted by Gasteiger charge is -2.20. The van der Waals surface area contributed by atoms with E-state index in [0.717, 1.165) is 0 Å². The van der Waals surface area contributed by atoms with E-state index in [2.05, 4.69) is 30.1 Å². The quantitative estimate of drug-likeness (QED) is 0.613. The predicted octanol–water partition coefficient (Wildman–Crippen LogP) is -1.08. The summed E-state index contributed by atoms with van der Waals surface area (Å²) in [6, 6.07) is 0. The zero-order chi connectivity index (χ0) is 11.5. The van der Waals surface area contributed by atoms with Gasteiger partial charge < -0.3 is 0 Å². The molecule has 1 heterocycles. The van der Waals surface area contributed by atoms with Crippen LogP contribution in [0.15, 0.2) is 0 Å². The van der Waals surface area contributed by atoms with Crippen molar-refractivity contribution >= 4 is 10.2 Å². The van der Waals surface area contributed by atoms with E-state index in [0.29, 0.717) is 0 Å². The van der Waals surface area contributed by atoms with Crippen molar-refractivity contribution in [2.24, 2.45) is 0 Å². The van der Waals surface area contributed by atoms with Crippen LogP contribution in [0.2, 0.25) is 0 Å². The Morgan fingerprint density at radius 1 is 1.40 bits per heavy atom. The second kappa shape index (κ2) is 4.21. The van der Waals surface area contributed by atoms with Gasteiger partial charge in [0.25, 0.3) is 10.2 Å². The molecule has 1 aromatic rings. The number of rotatable bonds is 4. The van der Waals surface area contributed by atoms with Crippen LogP contribution in [-0.4, -0.2) is 34.6 Å². The number of H-pyrrole nitrogens is 1. The van der Waals surface area contributed by atoms with Gasteiger partial charge in [0.2, 0.25) is 0 Å². The van der Waals surface area contributed by atoms with Crippen molar-refractivity contribution in [1.29, 1.82) is 0 Å². The van der Waals surface area contributed by atoms with Crippen LogP contribution in [0.4, 0.5) is 0 Å². The summed E-state index contributed by atoms with van der Waals surface area (Å²) in [4.78, 5) is 0. The molecule has 0 amide bonds. The summed E-state index contributed by atoms with van der Waals surface area (Å²) >= 11 is 0. The third kappa shape index (κ3) is 4.81. The van der Waals surface area contributed by atoms with E-state index in [-0.39, 0.29) is 12.4 Å². The first-order valence-electron chi connectivity index (χ1n) is 4.29. The summed E-state index contributed by atoms with van der Waals surface area (Å²) in [6.07, 6.45) is 0. The normalized spacial score (nSPS) is 13.0. The van der Waals surface area contributed by atoms with Gasteiger partial charge in [-0.2, -0.15) is 23.1 Å². The zero-order valence-electron chi connectivity index (χ0n) is 8.77. The average Bonchev–Trinajstić information content (AvgIpc) is 2.47. The van der Waals surface area contributed by atoms with Crippen LogP contribution in [0.3, 0.4) is 0 Å². The molecule has 3 N–H and O–H groups in total. The monoisotopic (exact) mass is 234 g/mol. The number of aromatic nitrogens is 4. The van der Waals surface area contributed by atoms with E-state index in [4.69, 9.17) is 0 Å². The minimum Gasteiger partial charge on any atom is -0.197 e. The topological polar surface area (TPSA) is 113 Å². The molecule has 0 fully saturated rings. The molecule has 15 heavy (non-hydrogen) atoms. The van der Waals surface area contributed by atoms with Gasteiger partial charge >= 0.3 is 0 Å². The molecular formula is C6H14N6O2S. The lowest BCUT2D eigenvalue weighted by molar-refractivity contribution is 0.483. The molecule has 0 aromatic carbocycles. The highest BCUT2D eigenvalue weighted by Crippen LogP contribution is 2.00. The molecule has 0 unspecified atom stereocenters. The first-order chi connectivity index (χ1) is 6.79. The Morgan fingerprint density at radius 3 is 2.53 bits per heavy atom. The molecule has 9 heteroatoms. The third-order valence-corrected chi connectivity index (χ3v) is 2.66. The van der Waals surface area contributed by atoms with Crippen LogP contribution >= 0.6 is 0 Å². The van der Waals surface area contributed by atoms with Crippen molar-refractivity contribution in [3.63, 3.8) is 0 Å². The van der Waals surface area contributed by atoms with E-state index in [1.807, 2.05) is 0 Å². The van der Waals surface area contributed by atoms with Gasteiger partial charge in [-0.25, -0.2) is 0 Å². The van der Waals surface area contributed by atoms with Crippen molar-refractivity contribution in [2.75, 3.05) is 0 Å². The number of aromatic amines is 1. The molecule has 0 atom stereocenters. The van der Waals surface area contributed by atoms with Crippen LogP contribution in [0, 0.1) is 0 Å². The number of nitrogens with one attached hydrogen (secondary N) is 3. The molecule has 0 aliphatic carbocycles. The highest BCUT2D eigenvalue weighted by Gasteiger charge is 2.19. The first kappa shape index (κ1) is 12.0. The Balaban J connectivity index is 2.51. The maximum absolute atomic E-state index is 11.4. The smallest absolute Gasteiger partial charge is 0.197 e. The van der Waals surface area contributed by atoms with Gasteiger partial charge in [0.05, 0.1) is 6.54 Å². The number of nitrogens with zero attached hydrogens (tertiary/aromatic N) is 3. The van der Waals surface area contributed by atoms with E-state index in [9.17, 15) is 8.42 Å². The fourth-order valence-electron chi connectivity index (χ4n) is 0.856. The Labute approximate surface area is 88.0 Å². The summed E-state index contributed by atoms with van der Waals surface area (Å²) in [5.74, 6) is 0.286. The highest BCUT2D eigenvalue weighted by atomic mass is 32.2. The molecular weight excluding hydrogens is 220 g/mol. The van der Waals surface area contributed by atoms with Gasteiger partial charge in [0.1, 0.15) is 0 Å². The number of tetrazole rings is 1. The van der Waals surface area contributed by atoms with Crippen molar-refractivity contribution in [3.05, 3.63) is 5.82 Å². The molecule has 0 bridgehead atoms. The molecule has 0 saturated heterocycles. The van der Waals surface area contributed by atoms with Crippen LogP contribution in [0.1, 0.15) is 26.6 Å². The summed E-state index contributed by atoms with van der Waals surface area (Å²) in [7, 11) is -3.54. The number of hydrogen-bond acceptors (Lipinski definition) is 5. The summed E-state index contributed by atoms with van der Waals surface area (Å²) in [5.41, 5.74) is -0.525. The molecule has 8 nitrogen and oxygen atoms in total. The van der Waals surface area contributed by atoms with Crippen molar-refractivity contribution in [3.8, 4) is 0 Å². The molecule has 1 rings (SSSR count). The Kier molecular flexibility index (Phi) is 3.37. The van der Waals surface area contributed by atoms with Crippen LogP contribution < -0.4 is 9.44 Å². The molecule has 0 saturated carbocycles. The van der Waals surface area contributed by atoms with E-state index in [1.165, 1.54) is 0 Å². The average molecular weight is 234 g/mol. The fraction of sp³-hybridized carbons (Fsp3) is 0.833. The van der Waals surface area contributed by atoms with Crippen molar-refractivity contribution in [1.82, 2.24) is 30.1 Å². The minimum atomic E-state index is -3.54. The van der Waals surface area contributed by atoms with Gasteiger partial charge in [-0.1, -0.05) is 5.21 Å². The molecule has 86 valence electrons. The van der Waals surface area contributed by atoms with Crippen LogP contribution in [0.5, 0.6) is 0 Å². The summed E-state index contributed by atoms with van der Waals surface area (Å²) in [6.45, 7) is 5.25. The summed E-state index contributed by atoms with van der Waals surface area (Å²) < 4.78 is 27.6.